The van der Waals surface area contributed by atoms with Crippen molar-refractivity contribution in [2.45, 2.75) is 12.5 Å². The fraction of sp³-hybridized carbons (Fsp3) is 0.273. The van der Waals surface area contributed by atoms with E-state index in [1.165, 1.54) is 0 Å². The second-order valence-electron chi connectivity index (χ2n) is 7.32. The first kappa shape index (κ1) is 18.3. The van der Waals surface area contributed by atoms with Gasteiger partial charge in [0.25, 0.3) is 5.91 Å². The second kappa shape index (κ2) is 7.13. The molecule has 0 radical (unpaired) electrons. The largest absolute Gasteiger partial charge is 0.508 e. The van der Waals surface area contributed by atoms with E-state index in [0.717, 1.165) is 13.0 Å². The van der Waals surface area contributed by atoms with Crippen LogP contribution in [0.25, 0.3) is 11.0 Å². The van der Waals surface area contributed by atoms with Crippen LogP contribution in [-0.2, 0) is 0 Å². The Morgan fingerprint density at radius 3 is 2.64 bits per heavy atom. The quantitative estimate of drug-likeness (QED) is 0.739. The van der Waals surface area contributed by atoms with Gasteiger partial charge < -0.3 is 19.3 Å². The Morgan fingerprint density at radius 1 is 1.11 bits per heavy atom. The highest BCUT2D eigenvalue weighted by Gasteiger charge is 2.42. The molecule has 0 fully saturated rings. The Labute approximate surface area is 162 Å². The van der Waals surface area contributed by atoms with Crippen molar-refractivity contribution in [3.63, 3.8) is 0 Å². The highest BCUT2D eigenvalue weighted by Crippen LogP contribution is 2.38. The van der Waals surface area contributed by atoms with Gasteiger partial charge in [-0.15, -0.1) is 0 Å². The van der Waals surface area contributed by atoms with E-state index in [4.69, 9.17) is 4.42 Å². The lowest BCUT2D eigenvalue weighted by atomic mass is 9.98. The molecule has 28 heavy (non-hydrogen) atoms. The molecule has 6 heteroatoms. The molecular weight excluding hydrogens is 356 g/mol. The Morgan fingerprint density at radius 2 is 1.89 bits per heavy atom. The van der Waals surface area contributed by atoms with Crippen molar-refractivity contribution in [3.8, 4) is 5.75 Å². The van der Waals surface area contributed by atoms with Crippen molar-refractivity contribution in [3.05, 3.63) is 75.6 Å². The Bertz CT molecular complexity index is 1100. The van der Waals surface area contributed by atoms with E-state index in [2.05, 4.69) is 4.90 Å². The number of benzene rings is 2. The van der Waals surface area contributed by atoms with Gasteiger partial charge in [0.05, 0.1) is 17.0 Å². The molecular formula is C22H22N2O4. The van der Waals surface area contributed by atoms with Gasteiger partial charge in [-0.1, -0.05) is 24.3 Å². The van der Waals surface area contributed by atoms with Crippen LogP contribution in [0.1, 0.15) is 34.1 Å². The minimum atomic E-state index is -0.572. The Hall–Kier alpha value is -3.12. The van der Waals surface area contributed by atoms with Crippen molar-refractivity contribution in [1.82, 2.24) is 9.80 Å². The van der Waals surface area contributed by atoms with Gasteiger partial charge in [0.15, 0.2) is 5.43 Å². The summed E-state index contributed by atoms with van der Waals surface area (Å²) >= 11 is 0. The number of para-hydroxylation sites is 1. The molecule has 1 atom stereocenters. The third-order valence-corrected chi connectivity index (χ3v) is 5.06. The molecule has 0 saturated heterocycles. The zero-order chi connectivity index (χ0) is 19.8. The second-order valence-corrected chi connectivity index (χ2v) is 7.32. The average molecular weight is 378 g/mol. The predicted molar refractivity (Wildman–Crippen MR) is 107 cm³/mol. The van der Waals surface area contributed by atoms with Crippen molar-refractivity contribution >= 4 is 16.9 Å². The Kier molecular flexibility index (Phi) is 4.65. The first-order valence-corrected chi connectivity index (χ1v) is 9.27. The SMILES string of the molecule is CN(C)CCCN1C(=O)c2oc3ccccc3c(=O)c2[C@@H]1c1cccc(O)c1. The van der Waals surface area contributed by atoms with Crippen LogP contribution >= 0.6 is 0 Å². The van der Waals surface area contributed by atoms with Crippen LogP contribution in [0.3, 0.4) is 0 Å². The standard InChI is InChI=1S/C22H22N2O4/c1-23(2)11-6-12-24-19(14-7-5-8-15(25)13-14)18-20(26)16-9-3-4-10-17(16)28-21(18)22(24)27/h3-5,7-10,13,19,25H,6,11-12H2,1-2H3/t19-/m0/s1. The molecule has 3 aromatic rings. The van der Waals surface area contributed by atoms with Gasteiger partial charge in [0, 0.05) is 6.54 Å². The van der Waals surface area contributed by atoms with Gasteiger partial charge in [0.1, 0.15) is 11.3 Å². The number of nitrogens with zero attached hydrogens (tertiary/aromatic N) is 2. The number of carbonyl (C=O) groups excluding carboxylic acids is 1. The highest BCUT2D eigenvalue weighted by atomic mass is 16.3. The van der Waals surface area contributed by atoms with Crippen LogP contribution in [-0.4, -0.2) is 48.0 Å². The van der Waals surface area contributed by atoms with Crippen molar-refractivity contribution < 1.29 is 14.3 Å². The van der Waals surface area contributed by atoms with E-state index in [1.54, 1.807) is 47.4 Å². The van der Waals surface area contributed by atoms with Gasteiger partial charge in [-0.2, -0.15) is 0 Å². The number of hydrogen-bond acceptors (Lipinski definition) is 5. The molecule has 144 valence electrons. The minimum absolute atomic E-state index is 0.0943. The fourth-order valence-corrected chi connectivity index (χ4v) is 3.80. The first-order valence-electron chi connectivity index (χ1n) is 9.27. The molecule has 1 amide bonds. The maximum atomic E-state index is 13.3. The number of carbonyl (C=O) groups is 1. The lowest BCUT2D eigenvalue weighted by molar-refractivity contribution is 0.0722. The third kappa shape index (κ3) is 3.05. The molecule has 0 spiro atoms. The van der Waals surface area contributed by atoms with Gasteiger partial charge >= 0.3 is 0 Å². The van der Waals surface area contributed by atoms with Crippen LogP contribution in [0.2, 0.25) is 0 Å². The molecule has 2 aromatic carbocycles. The van der Waals surface area contributed by atoms with E-state index in [9.17, 15) is 14.7 Å². The molecule has 1 aliphatic heterocycles. The summed E-state index contributed by atoms with van der Waals surface area (Å²) in [5.74, 6) is -0.0938. The van der Waals surface area contributed by atoms with Gasteiger partial charge in [0.2, 0.25) is 5.76 Å². The molecule has 0 unspecified atom stereocenters. The maximum Gasteiger partial charge on any atom is 0.290 e. The van der Waals surface area contributed by atoms with E-state index >= 15 is 0 Å². The monoisotopic (exact) mass is 378 g/mol. The number of aromatic hydroxyl groups is 1. The smallest absolute Gasteiger partial charge is 0.290 e. The van der Waals surface area contributed by atoms with Crippen LogP contribution in [0, 0.1) is 0 Å². The average Bonchev–Trinajstić information content (AvgIpc) is 2.94. The molecule has 0 saturated carbocycles. The van der Waals surface area contributed by atoms with Crippen molar-refractivity contribution in [1.29, 1.82) is 0 Å². The number of fused-ring (bicyclic) bond motifs is 2. The van der Waals surface area contributed by atoms with E-state index in [0.29, 0.717) is 28.6 Å². The third-order valence-electron chi connectivity index (χ3n) is 5.06. The molecule has 1 N–H and O–H groups in total. The van der Waals surface area contributed by atoms with Gasteiger partial charge in [-0.05, 0) is 56.9 Å². The van der Waals surface area contributed by atoms with Crippen LogP contribution in [0.15, 0.2) is 57.7 Å². The van der Waals surface area contributed by atoms with Crippen LogP contribution in [0.5, 0.6) is 5.75 Å². The number of phenolic OH excluding ortho intramolecular Hbond substituents is 1. The summed E-state index contributed by atoms with van der Waals surface area (Å²) in [6.07, 6.45) is 0.760. The van der Waals surface area contributed by atoms with E-state index in [-0.39, 0.29) is 22.8 Å². The zero-order valence-corrected chi connectivity index (χ0v) is 15.9. The topological polar surface area (TPSA) is 74.0 Å². The first-order chi connectivity index (χ1) is 13.5. The summed E-state index contributed by atoms with van der Waals surface area (Å²) in [5, 5.41) is 10.4. The van der Waals surface area contributed by atoms with Crippen LogP contribution in [0.4, 0.5) is 0 Å². The van der Waals surface area contributed by atoms with Gasteiger partial charge in [-0.3, -0.25) is 9.59 Å². The normalized spacial score (nSPS) is 16.2. The lowest BCUT2D eigenvalue weighted by Crippen LogP contribution is -2.32. The summed E-state index contributed by atoms with van der Waals surface area (Å²) in [6.45, 7) is 1.30. The number of rotatable bonds is 5. The van der Waals surface area contributed by atoms with Crippen molar-refractivity contribution in [2.24, 2.45) is 0 Å². The lowest BCUT2D eigenvalue weighted by Gasteiger charge is -2.25. The molecule has 1 aliphatic rings. The molecule has 1 aromatic heterocycles. The minimum Gasteiger partial charge on any atom is -0.508 e. The number of amides is 1. The molecule has 0 bridgehead atoms. The summed E-state index contributed by atoms with van der Waals surface area (Å²) < 4.78 is 5.87. The summed E-state index contributed by atoms with van der Waals surface area (Å²) in [5.41, 5.74) is 1.25. The van der Waals surface area contributed by atoms with E-state index < -0.39 is 6.04 Å². The Balaban J connectivity index is 1.88. The molecule has 4 rings (SSSR count). The summed E-state index contributed by atoms with van der Waals surface area (Å²) in [6, 6.07) is 13.1. The van der Waals surface area contributed by atoms with Crippen molar-refractivity contribution in [2.75, 3.05) is 27.2 Å². The van der Waals surface area contributed by atoms with Crippen LogP contribution < -0.4 is 5.43 Å². The molecule has 2 heterocycles. The predicted octanol–water partition coefficient (Wildman–Crippen LogP) is 3.00. The van der Waals surface area contributed by atoms with Gasteiger partial charge in [-0.25, -0.2) is 0 Å². The number of phenols is 1. The fourth-order valence-electron chi connectivity index (χ4n) is 3.80. The number of hydrogen-bond donors (Lipinski definition) is 1. The summed E-state index contributed by atoms with van der Waals surface area (Å²) in [7, 11) is 3.95. The highest BCUT2D eigenvalue weighted by molar-refractivity contribution is 5.99. The maximum absolute atomic E-state index is 13.3. The summed E-state index contributed by atoms with van der Waals surface area (Å²) in [4.78, 5) is 30.1. The van der Waals surface area contributed by atoms with E-state index in [1.807, 2.05) is 20.2 Å². The zero-order valence-electron chi connectivity index (χ0n) is 15.9. The molecule has 6 nitrogen and oxygen atoms in total. The molecule has 0 aliphatic carbocycles.